The van der Waals surface area contributed by atoms with E-state index in [4.69, 9.17) is 9.47 Å². The molecule has 0 aromatic rings. The second kappa shape index (κ2) is 8.42. The van der Waals surface area contributed by atoms with Gasteiger partial charge in [0.2, 0.25) is 5.91 Å². The van der Waals surface area contributed by atoms with E-state index in [-0.39, 0.29) is 12.5 Å². The predicted molar refractivity (Wildman–Crippen MR) is 67.4 cm³/mol. The van der Waals surface area contributed by atoms with Crippen molar-refractivity contribution < 1.29 is 19.4 Å². The zero-order valence-electron chi connectivity index (χ0n) is 11.0. The summed E-state index contributed by atoms with van der Waals surface area (Å²) < 4.78 is 10.1. The predicted octanol–water partition coefficient (Wildman–Crippen LogP) is -0.730. The smallest absolute Gasteiger partial charge is 0.233 e. The summed E-state index contributed by atoms with van der Waals surface area (Å²) in [6, 6.07) is 0. The Morgan fingerprint density at radius 2 is 2.17 bits per heavy atom. The first-order valence-electron chi connectivity index (χ1n) is 6.43. The third-order valence-corrected chi connectivity index (χ3v) is 3.01. The van der Waals surface area contributed by atoms with Crippen molar-refractivity contribution in [1.82, 2.24) is 10.6 Å². The minimum Gasteiger partial charge on any atom is -0.388 e. The lowest BCUT2D eigenvalue weighted by Crippen LogP contribution is -2.47. The average Bonchev–Trinajstić information content (AvgIpc) is 2.35. The Bertz CT molecular complexity index is 242. The minimum absolute atomic E-state index is 0.0539. The second-order valence-electron chi connectivity index (χ2n) is 4.64. The third-order valence-electron chi connectivity index (χ3n) is 3.01. The number of hydrogen-bond donors (Lipinski definition) is 3. The Kier molecular flexibility index (Phi) is 7.19. The highest BCUT2D eigenvalue weighted by molar-refractivity contribution is 5.77. The molecule has 1 rings (SSSR count). The fourth-order valence-corrected chi connectivity index (χ4v) is 1.84. The fraction of sp³-hybridized carbons (Fsp3) is 0.917. The molecule has 0 bridgehead atoms. The summed E-state index contributed by atoms with van der Waals surface area (Å²) in [5, 5.41) is 15.9. The SMILES string of the molecule is COCCCNC(=O)CNCC1(O)CCOCC1. The first-order valence-corrected chi connectivity index (χ1v) is 6.43. The normalized spacial score (nSPS) is 18.6. The van der Waals surface area contributed by atoms with E-state index in [0.29, 0.717) is 45.8 Å². The molecule has 6 nitrogen and oxygen atoms in total. The zero-order chi connectivity index (χ0) is 13.3. The van der Waals surface area contributed by atoms with Crippen molar-refractivity contribution in [3.8, 4) is 0 Å². The van der Waals surface area contributed by atoms with Gasteiger partial charge in [-0.05, 0) is 6.42 Å². The second-order valence-corrected chi connectivity index (χ2v) is 4.64. The number of ether oxygens (including phenoxy) is 2. The lowest BCUT2D eigenvalue weighted by Gasteiger charge is -2.32. The van der Waals surface area contributed by atoms with E-state index in [1.807, 2.05) is 0 Å². The molecule has 0 saturated carbocycles. The van der Waals surface area contributed by atoms with Crippen molar-refractivity contribution in [1.29, 1.82) is 0 Å². The van der Waals surface area contributed by atoms with Crippen LogP contribution in [-0.2, 0) is 14.3 Å². The van der Waals surface area contributed by atoms with Crippen LogP contribution in [0.2, 0.25) is 0 Å². The molecule has 3 N–H and O–H groups in total. The molecular weight excluding hydrogens is 236 g/mol. The summed E-state index contributed by atoms with van der Waals surface area (Å²) in [5.74, 6) is -0.0539. The standard InChI is InChI=1S/C12H24N2O4/c1-17-6-2-5-14-11(15)9-13-10-12(16)3-7-18-8-4-12/h13,16H,2-10H2,1H3,(H,14,15). The number of amides is 1. The van der Waals surface area contributed by atoms with Crippen LogP contribution in [0.3, 0.4) is 0 Å². The van der Waals surface area contributed by atoms with Crippen LogP contribution in [0, 0.1) is 0 Å². The van der Waals surface area contributed by atoms with Crippen LogP contribution < -0.4 is 10.6 Å². The monoisotopic (exact) mass is 260 g/mol. The molecule has 6 heteroatoms. The third kappa shape index (κ3) is 6.30. The van der Waals surface area contributed by atoms with Crippen LogP contribution in [0.15, 0.2) is 0 Å². The summed E-state index contributed by atoms with van der Waals surface area (Å²) in [5.41, 5.74) is -0.728. The molecule has 0 spiro atoms. The Labute approximate surface area is 108 Å². The van der Waals surface area contributed by atoms with Crippen LogP contribution in [-0.4, -0.2) is 63.2 Å². The molecule has 0 radical (unpaired) electrons. The van der Waals surface area contributed by atoms with Crippen LogP contribution in [0.4, 0.5) is 0 Å². The molecule has 1 saturated heterocycles. The summed E-state index contributed by atoms with van der Waals surface area (Å²) in [7, 11) is 1.64. The molecule has 1 aliphatic heterocycles. The summed E-state index contributed by atoms with van der Waals surface area (Å²) in [4.78, 5) is 11.4. The highest BCUT2D eigenvalue weighted by Gasteiger charge is 2.29. The Morgan fingerprint density at radius 3 is 2.83 bits per heavy atom. The van der Waals surface area contributed by atoms with E-state index >= 15 is 0 Å². The zero-order valence-corrected chi connectivity index (χ0v) is 11.0. The molecule has 1 fully saturated rings. The van der Waals surface area contributed by atoms with E-state index in [9.17, 15) is 9.90 Å². The maximum Gasteiger partial charge on any atom is 0.233 e. The number of hydrogen-bond acceptors (Lipinski definition) is 5. The van der Waals surface area contributed by atoms with Gasteiger partial charge in [0.05, 0.1) is 12.1 Å². The molecule has 106 valence electrons. The van der Waals surface area contributed by atoms with Gasteiger partial charge in [-0.3, -0.25) is 4.79 Å². The number of carbonyl (C=O) groups excluding carboxylic acids is 1. The van der Waals surface area contributed by atoms with Gasteiger partial charge in [0.25, 0.3) is 0 Å². The van der Waals surface area contributed by atoms with Gasteiger partial charge in [0.15, 0.2) is 0 Å². The molecule has 0 atom stereocenters. The molecule has 1 heterocycles. The lowest BCUT2D eigenvalue weighted by molar-refractivity contribution is -0.120. The largest absolute Gasteiger partial charge is 0.388 e. The van der Waals surface area contributed by atoms with Crippen molar-refractivity contribution in [3.63, 3.8) is 0 Å². The Hall–Kier alpha value is -0.690. The highest BCUT2D eigenvalue weighted by Crippen LogP contribution is 2.18. The van der Waals surface area contributed by atoms with Gasteiger partial charge < -0.3 is 25.2 Å². The van der Waals surface area contributed by atoms with Gasteiger partial charge in [-0.15, -0.1) is 0 Å². The molecule has 1 amide bonds. The van der Waals surface area contributed by atoms with Crippen LogP contribution in [0.5, 0.6) is 0 Å². The van der Waals surface area contributed by atoms with Gasteiger partial charge in [-0.2, -0.15) is 0 Å². The topological polar surface area (TPSA) is 79.8 Å². The molecule has 0 aliphatic carbocycles. The molecule has 1 aliphatic rings. The number of methoxy groups -OCH3 is 1. The first-order chi connectivity index (χ1) is 8.66. The van der Waals surface area contributed by atoms with Gasteiger partial charge in [-0.1, -0.05) is 0 Å². The van der Waals surface area contributed by atoms with E-state index in [0.717, 1.165) is 6.42 Å². The van der Waals surface area contributed by atoms with Crippen LogP contribution in [0.1, 0.15) is 19.3 Å². The van der Waals surface area contributed by atoms with Crippen molar-refractivity contribution in [3.05, 3.63) is 0 Å². The average molecular weight is 260 g/mol. The quantitative estimate of drug-likeness (QED) is 0.501. The van der Waals surface area contributed by atoms with Gasteiger partial charge >= 0.3 is 0 Å². The van der Waals surface area contributed by atoms with Gasteiger partial charge in [0, 0.05) is 52.9 Å². The fourth-order valence-electron chi connectivity index (χ4n) is 1.84. The number of nitrogens with one attached hydrogen (secondary N) is 2. The van der Waals surface area contributed by atoms with Gasteiger partial charge in [-0.25, -0.2) is 0 Å². The number of aliphatic hydroxyl groups is 1. The van der Waals surface area contributed by atoms with Crippen molar-refractivity contribution in [2.75, 3.05) is 46.6 Å². The summed E-state index contributed by atoms with van der Waals surface area (Å²) in [6.07, 6.45) is 2.05. The minimum atomic E-state index is -0.728. The molecule has 0 unspecified atom stereocenters. The molecular formula is C12H24N2O4. The molecule has 0 aromatic heterocycles. The van der Waals surface area contributed by atoms with E-state index in [1.165, 1.54) is 0 Å². The van der Waals surface area contributed by atoms with E-state index < -0.39 is 5.60 Å². The Balaban J connectivity index is 2.04. The maximum atomic E-state index is 11.4. The highest BCUT2D eigenvalue weighted by atomic mass is 16.5. The van der Waals surface area contributed by atoms with Crippen molar-refractivity contribution in [2.45, 2.75) is 24.9 Å². The maximum absolute atomic E-state index is 11.4. The van der Waals surface area contributed by atoms with Crippen LogP contribution in [0.25, 0.3) is 0 Å². The van der Waals surface area contributed by atoms with Gasteiger partial charge in [0.1, 0.15) is 0 Å². The van der Waals surface area contributed by atoms with Crippen LogP contribution >= 0.6 is 0 Å². The molecule has 0 aromatic carbocycles. The lowest BCUT2D eigenvalue weighted by atomic mass is 9.94. The van der Waals surface area contributed by atoms with E-state index in [1.54, 1.807) is 7.11 Å². The number of carbonyl (C=O) groups is 1. The summed E-state index contributed by atoms with van der Waals surface area (Å²) in [6.45, 7) is 3.10. The first kappa shape index (κ1) is 15.4. The molecule has 18 heavy (non-hydrogen) atoms. The number of rotatable bonds is 8. The summed E-state index contributed by atoms with van der Waals surface area (Å²) >= 11 is 0. The van der Waals surface area contributed by atoms with Crippen molar-refractivity contribution >= 4 is 5.91 Å². The van der Waals surface area contributed by atoms with E-state index in [2.05, 4.69) is 10.6 Å². The van der Waals surface area contributed by atoms with Crippen molar-refractivity contribution in [2.24, 2.45) is 0 Å². The Morgan fingerprint density at radius 1 is 1.44 bits per heavy atom.